The van der Waals surface area contributed by atoms with E-state index in [1.54, 1.807) is 0 Å². The highest BCUT2D eigenvalue weighted by molar-refractivity contribution is 5.83. The third kappa shape index (κ3) is 3.08. The van der Waals surface area contributed by atoms with Gasteiger partial charge in [-0.1, -0.05) is 78.4 Å². The molecule has 0 saturated carbocycles. The molecule has 4 aromatic rings. The van der Waals surface area contributed by atoms with Crippen molar-refractivity contribution in [2.24, 2.45) is 7.05 Å². The Kier molecular flexibility index (Phi) is 4.41. The number of nitrogens with zero attached hydrogens (tertiary/aromatic N) is 2. The molecule has 0 N–H and O–H groups in total. The van der Waals surface area contributed by atoms with Crippen LogP contribution in [0.25, 0.3) is 33.9 Å². The van der Waals surface area contributed by atoms with E-state index in [0.29, 0.717) is 0 Å². The molecule has 0 bridgehead atoms. The van der Waals surface area contributed by atoms with Gasteiger partial charge in [-0.3, -0.25) is 0 Å². The Bertz CT molecular complexity index is 1070. The number of hydrogen-bond donors (Lipinski definition) is 0. The summed E-state index contributed by atoms with van der Waals surface area (Å²) in [6, 6.07) is 25.5. The van der Waals surface area contributed by atoms with Crippen molar-refractivity contribution in [2.45, 2.75) is 20.8 Å². The fourth-order valence-corrected chi connectivity index (χ4v) is 3.98. The lowest BCUT2D eigenvalue weighted by Crippen LogP contribution is -1.99. The second-order valence-electron chi connectivity index (χ2n) is 7.20. The van der Waals surface area contributed by atoms with Crippen LogP contribution in [0.15, 0.2) is 72.8 Å². The molecule has 0 radical (unpaired) electrons. The molecule has 2 heteroatoms. The lowest BCUT2D eigenvalue weighted by atomic mass is 9.99. The molecule has 0 aliphatic rings. The Morgan fingerprint density at radius 3 is 1.78 bits per heavy atom. The Balaban J connectivity index is 2.03. The molecule has 27 heavy (non-hydrogen) atoms. The second-order valence-corrected chi connectivity index (χ2v) is 7.20. The van der Waals surface area contributed by atoms with E-state index in [1.807, 2.05) is 6.07 Å². The molecule has 0 amide bonds. The van der Waals surface area contributed by atoms with Crippen molar-refractivity contribution in [1.82, 2.24) is 9.55 Å². The number of hydrogen-bond acceptors (Lipinski definition) is 1. The van der Waals surface area contributed by atoms with Gasteiger partial charge in [0.2, 0.25) is 0 Å². The predicted molar refractivity (Wildman–Crippen MR) is 114 cm³/mol. The first-order valence-electron chi connectivity index (χ1n) is 9.32. The fourth-order valence-electron chi connectivity index (χ4n) is 3.98. The van der Waals surface area contributed by atoms with Crippen molar-refractivity contribution in [3.05, 3.63) is 89.5 Å². The Labute approximate surface area is 161 Å². The van der Waals surface area contributed by atoms with Gasteiger partial charge < -0.3 is 4.57 Å². The lowest BCUT2D eigenvalue weighted by Gasteiger charge is -2.12. The van der Waals surface area contributed by atoms with E-state index in [2.05, 4.69) is 99.1 Å². The van der Waals surface area contributed by atoms with E-state index in [4.69, 9.17) is 4.98 Å². The van der Waals surface area contributed by atoms with Gasteiger partial charge in [-0.15, -0.1) is 0 Å². The first-order valence-corrected chi connectivity index (χ1v) is 9.32. The van der Waals surface area contributed by atoms with Gasteiger partial charge in [0.05, 0.1) is 11.4 Å². The molecule has 1 heterocycles. The monoisotopic (exact) mass is 352 g/mol. The van der Waals surface area contributed by atoms with Gasteiger partial charge in [-0.05, 0) is 31.9 Å². The van der Waals surface area contributed by atoms with Crippen LogP contribution in [0.3, 0.4) is 0 Å². The predicted octanol–water partition coefficient (Wildman–Crippen LogP) is 6.35. The lowest BCUT2D eigenvalue weighted by molar-refractivity contribution is 0.929. The van der Waals surface area contributed by atoms with Crippen LogP contribution < -0.4 is 0 Å². The summed E-state index contributed by atoms with van der Waals surface area (Å²) < 4.78 is 2.24. The highest BCUT2D eigenvalue weighted by atomic mass is 15.1. The number of benzene rings is 3. The summed E-state index contributed by atoms with van der Waals surface area (Å²) in [5.41, 5.74) is 9.53. The van der Waals surface area contributed by atoms with E-state index in [1.165, 1.54) is 27.8 Å². The van der Waals surface area contributed by atoms with Crippen molar-refractivity contribution < 1.29 is 0 Å². The van der Waals surface area contributed by atoms with Crippen molar-refractivity contribution in [3.63, 3.8) is 0 Å². The molecule has 3 aromatic carbocycles. The summed E-state index contributed by atoms with van der Waals surface area (Å²) >= 11 is 0. The van der Waals surface area contributed by atoms with Crippen LogP contribution in [-0.2, 0) is 7.05 Å². The molecule has 4 rings (SSSR count). The molecule has 134 valence electrons. The van der Waals surface area contributed by atoms with Crippen LogP contribution in [0.2, 0.25) is 0 Å². The van der Waals surface area contributed by atoms with Gasteiger partial charge in [0, 0.05) is 23.7 Å². The van der Waals surface area contributed by atoms with Gasteiger partial charge >= 0.3 is 0 Å². The molecule has 0 aliphatic carbocycles. The SMILES string of the molecule is Cc1cc(C)c(-c2nc(-c3ccccc3)c(-c3ccccc3)n2C)c(C)c1. The van der Waals surface area contributed by atoms with Crippen LogP contribution >= 0.6 is 0 Å². The summed E-state index contributed by atoms with van der Waals surface area (Å²) in [5.74, 6) is 1.02. The number of rotatable bonds is 3. The fraction of sp³-hybridized carbons (Fsp3) is 0.160. The van der Waals surface area contributed by atoms with Crippen LogP contribution in [-0.4, -0.2) is 9.55 Å². The summed E-state index contributed by atoms with van der Waals surface area (Å²) in [6.07, 6.45) is 0. The third-order valence-corrected chi connectivity index (χ3v) is 5.09. The molecule has 0 spiro atoms. The molecule has 0 fully saturated rings. The minimum atomic E-state index is 1.02. The molecule has 0 aliphatic heterocycles. The zero-order valence-electron chi connectivity index (χ0n) is 16.3. The molecule has 0 saturated heterocycles. The minimum Gasteiger partial charge on any atom is -0.327 e. The molecule has 1 aromatic heterocycles. The van der Waals surface area contributed by atoms with E-state index in [-0.39, 0.29) is 0 Å². The largest absolute Gasteiger partial charge is 0.327 e. The molecule has 0 unspecified atom stereocenters. The Morgan fingerprint density at radius 1 is 0.704 bits per heavy atom. The van der Waals surface area contributed by atoms with Crippen LogP contribution in [0, 0.1) is 20.8 Å². The van der Waals surface area contributed by atoms with E-state index in [9.17, 15) is 0 Å². The zero-order chi connectivity index (χ0) is 19.0. The number of imidazole rings is 1. The molecular weight excluding hydrogens is 328 g/mol. The summed E-state index contributed by atoms with van der Waals surface area (Å²) in [6.45, 7) is 6.50. The second kappa shape index (κ2) is 6.88. The van der Waals surface area contributed by atoms with Crippen molar-refractivity contribution in [2.75, 3.05) is 0 Å². The van der Waals surface area contributed by atoms with Crippen LogP contribution in [0.4, 0.5) is 0 Å². The van der Waals surface area contributed by atoms with E-state index in [0.717, 1.165) is 22.8 Å². The molecule has 2 nitrogen and oxygen atoms in total. The number of aryl methyl sites for hydroxylation is 3. The summed E-state index contributed by atoms with van der Waals surface area (Å²) in [4.78, 5) is 5.14. The van der Waals surface area contributed by atoms with Crippen molar-refractivity contribution in [1.29, 1.82) is 0 Å². The topological polar surface area (TPSA) is 17.8 Å². The smallest absolute Gasteiger partial charge is 0.141 e. The van der Waals surface area contributed by atoms with Crippen molar-refractivity contribution in [3.8, 4) is 33.9 Å². The van der Waals surface area contributed by atoms with Crippen LogP contribution in [0.5, 0.6) is 0 Å². The Morgan fingerprint density at radius 2 is 1.22 bits per heavy atom. The maximum Gasteiger partial charge on any atom is 0.141 e. The summed E-state index contributed by atoms with van der Waals surface area (Å²) in [7, 11) is 2.12. The molecular formula is C25H24N2. The van der Waals surface area contributed by atoms with Gasteiger partial charge in [0.1, 0.15) is 5.82 Å². The maximum absolute atomic E-state index is 5.14. The Hall–Kier alpha value is -3.13. The van der Waals surface area contributed by atoms with Gasteiger partial charge in [0.25, 0.3) is 0 Å². The van der Waals surface area contributed by atoms with E-state index < -0.39 is 0 Å². The molecule has 0 atom stereocenters. The minimum absolute atomic E-state index is 1.02. The summed E-state index contributed by atoms with van der Waals surface area (Å²) in [5, 5.41) is 0. The first-order chi connectivity index (χ1) is 13.1. The number of aromatic nitrogens is 2. The average Bonchev–Trinajstić information content (AvgIpc) is 2.99. The van der Waals surface area contributed by atoms with Gasteiger partial charge in [0.15, 0.2) is 0 Å². The average molecular weight is 352 g/mol. The van der Waals surface area contributed by atoms with Gasteiger partial charge in [-0.25, -0.2) is 4.98 Å². The first kappa shape index (κ1) is 17.3. The van der Waals surface area contributed by atoms with Crippen molar-refractivity contribution >= 4 is 0 Å². The highest BCUT2D eigenvalue weighted by Crippen LogP contribution is 2.37. The highest BCUT2D eigenvalue weighted by Gasteiger charge is 2.20. The normalized spacial score (nSPS) is 11.0. The van der Waals surface area contributed by atoms with Gasteiger partial charge in [-0.2, -0.15) is 0 Å². The zero-order valence-corrected chi connectivity index (χ0v) is 16.3. The maximum atomic E-state index is 5.14. The van der Waals surface area contributed by atoms with Crippen LogP contribution in [0.1, 0.15) is 16.7 Å². The third-order valence-electron chi connectivity index (χ3n) is 5.09. The standard InChI is InChI=1S/C25H24N2/c1-17-15-18(2)22(19(3)16-17)25-26-23(20-11-7-5-8-12-20)24(27(25)4)21-13-9-6-10-14-21/h5-16H,1-4H3. The quantitative estimate of drug-likeness (QED) is 0.420. The van der Waals surface area contributed by atoms with E-state index >= 15 is 0 Å².